The number of halogens is 1. The minimum absolute atomic E-state index is 0.0450. The van der Waals surface area contributed by atoms with Crippen molar-refractivity contribution in [3.8, 4) is 11.8 Å². The van der Waals surface area contributed by atoms with Gasteiger partial charge in [-0.05, 0) is 43.0 Å². The van der Waals surface area contributed by atoms with Crippen molar-refractivity contribution in [1.29, 1.82) is 0 Å². The largest absolute Gasteiger partial charge is 0.384 e. The van der Waals surface area contributed by atoms with Crippen LogP contribution in [0.25, 0.3) is 0 Å². The van der Waals surface area contributed by atoms with Gasteiger partial charge in [-0.15, -0.1) is 0 Å². The van der Waals surface area contributed by atoms with Crippen molar-refractivity contribution < 1.29 is 13.5 Å². The van der Waals surface area contributed by atoms with Crippen molar-refractivity contribution in [2.45, 2.75) is 17.7 Å². The molecule has 0 aliphatic carbocycles. The molecule has 7 heteroatoms. The summed E-state index contributed by atoms with van der Waals surface area (Å²) in [6.45, 7) is 0.139. The molecule has 0 aliphatic heterocycles. The number of aliphatic hydroxyl groups is 1. The average Bonchev–Trinajstić information content (AvgIpc) is 2.44. The normalized spacial score (nSPS) is 11.0. The van der Waals surface area contributed by atoms with Crippen LogP contribution in [0, 0.1) is 11.8 Å². The van der Waals surface area contributed by atoms with Gasteiger partial charge in [0.15, 0.2) is 0 Å². The number of benzene rings is 1. The highest BCUT2D eigenvalue weighted by Crippen LogP contribution is 2.22. The van der Waals surface area contributed by atoms with Crippen LogP contribution in [0.5, 0.6) is 0 Å². The Morgan fingerprint density at radius 1 is 1.38 bits per heavy atom. The predicted octanol–water partition coefficient (Wildman–Crippen LogP) is 2.11. The maximum absolute atomic E-state index is 12.1. The Morgan fingerprint density at radius 3 is 2.76 bits per heavy atom. The lowest BCUT2D eigenvalue weighted by Crippen LogP contribution is -2.25. The highest BCUT2D eigenvalue weighted by atomic mass is 35.5. The quantitative estimate of drug-likeness (QED) is 0.585. The summed E-state index contributed by atoms with van der Waals surface area (Å²) in [5, 5.41) is 8.75. The topological polar surface area (TPSA) is 66.4 Å². The third-order valence-electron chi connectivity index (χ3n) is 2.60. The summed E-state index contributed by atoms with van der Waals surface area (Å²) >= 11 is 7.74. The number of nitrogens with one attached hydrogen (secondary N) is 1. The van der Waals surface area contributed by atoms with E-state index in [2.05, 4.69) is 16.6 Å². The predicted molar refractivity (Wildman–Crippen MR) is 88.2 cm³/mol. The summed E-state index contributed by atoms with van der Waals surface area (Å²) < 4.78 is 26.8. The first-order chi connectivity index (χ1) is 10.0. The molecule has 0 radical (unpaired) electrons. The maximum atomic E-state index is 12.1. The van der Waals surface area contributed by atoms with Crippen molar-refractivity contribution >= 4 is 33.4 Å². The van der Waals surface area contributed by atoms with Gasteiger partial charge in [-0.1, -0.05) is 23.4 Å². The second-order valence-corrected chi connectivity index (χ2v) is 7.33. The lowest BCUT2D eigenvalue weighted by molar-refractivity contribution is 0.350. The Kier molecular flexibility index (Phi) is 8.15. The van der Waals surface area contributed by atoms with E-state index < -0.39 is 10.0 Å². The molecule has 0 spiro atoms. The van der Waals surface area contributed by atoms with E-state index in [0.29, 0.717) is 12.1 Å². The van der Waals surface area contributed by atoms with Crippen LogP contribution in [0.2, 0.25) is 5.02 Å². The summed E-state index contributed by atoms with van der Waals surface area (Å²) in [6.07, 6.45) is 3.77. The van der Waals surface area contributed by atoms with E-state index in [1.165, 1.54) is 12.1 Å². The molecule has 1 aromatic carbocycles. The molecule has 0 saturated carbocycles. The molecule has 0 amide bonds. The lowest BCUT2D eigenvalue weighted by atomic mass is 10.2. The van der Waals surface area contributed by atoms with Gasteiger partial charge >= 0.3 is 0 Å². The molecular formula is C14H18ClNO3S2. The SMILES string of the molecule is CSCCCCNS(=O)(=O)c1ccc(C#CCO)cc1Cl. The van der Waals surface area contributed by atoms with Crippen LogP contribution in [0.15, 0.2) is 23.1 Å². The van der Waals surface area contributed by atoms with Gasteiger partial charge in [0.05, 0.1) is 5.02 Å². The van der Waals surface area contributed by atoms with Crippen LogP contribution >= 0.6 is 23.4 Å². The van der Waals surface area contributed by atoms with E-state index in [1.54, 1.807) is 17.8 Å². The van der Waals surface area contributed by atoms with E-state index in [1.807, 2.05) is 6.26 Å². The van der Waals surface area contributed by atoms with Gasteiger partial charge in [0, 0.05) is 12.1 Å². The molecular weight excluding hydrogens is 330 g/mol. The monoisotopic (exact) mass is 347 g/mol. The van der Waals surface area contributed by atoms with Crippen LogP contribution in [0.4, 0.5) is 0 Å². The fourth-order valence-electron chi connectivity index (χ4n) is 1.59. The number of sulfonamides is 1. The van der Waals surface area contributed by atoms with Crippen LogP contribution in [-0.2, 0) is 10.0 Å². The maximum Gasteiger partial charge on any atom is 0.242 e. The van der Waals surface area contributed by atoms with Gasteiger partial charge in [0.25, 0.3) is 0 Å². The highest BCUT2D eigenvalue weighted by molar-refractivity contribution is 7.98. The zero-order valence-corrected chi connectivity index (χ0v) is 14.1. The van der Waals surface area contributed by atoms with Crippen molar-refractivity contribution in [3.63, 3.8) is 0 Å². The van der Waals surface area contributed by atoms with Gasteiger partial charge in [-0.3, -0.25) is 0 Å². The highest BCUT2D eigenvalue weighted by Gasteiger charge is 2.17. The Labute approximate surface area is 135 Å². The third-order valence-corrected chi connectivity index (χ3v) is 5.24. The molecule has 1 aromatic rings. The smallest absolute Gasteiger partial charge is 0.242 e. The molecule has 0 heterocycles. The second-order valence-electron chi connectivity index (χ2n) is 4.20. The third kappa shape index (κ3) is 6.29. The minimum Gasteiger partial charge on any atom is -0.384 e. The first-order valence-electron chi connectivity index (χ1n) is 6.39. The van der Waals surface area contributed by atoms with Crippen LogP contribution in [-0.4, -0.2) is 38.7 Å². The van der Waals surface area contributed by atoms with E-state index in [0.717, 1.165) is 18.6 Å². The Balaban J connectivity index is 2.74. The molecule has 0 saturated heterocycles. The van der Waals surface area contributed by atoms with Gasteiger partial charge in [0.2, 0.25) is 10.0 Å². The van der Waals surface area contributed by atoms with Crippen molar-refractivity contribution in [1.82, 2.24) is 4.72 Å². The summed E-state index contributed by atoms with van der Waals surface area (Å²) in [6, 6.07) is 4.47. The van der Waals surface area contributed by atoms with E-state index >= 15 is 0 Å². The standard InChI is InChI=1S/C14H18ClNO3S2/c1-20-10-3-2-8-16-21(18,19)14-7-6-12(5-4-9-17)11-13(14)15/h6-7,11,16-17H,2-3,8-10H2,1H3. The van der Waals surface area contributed by atoms with Crippen molar-refractivity contribution in [2.75, 3.05) is 25.2 Å². The van der Waals surface area contributed by atoms with Crippen LogP contribution in [0.1, 0.15) is 18.4 Å². The Bertz CT molecular complexity index is 621. The molecule has 1 rings (SSSR count). The minimum atomic E-state index is -3.60. The molecule has 0 unspecified atom stereocenters. The molecule has 0 fully saturated rings. The number of rotatable bonds is 7. The average molecular weight is 348 g/mol. The molecule has 0 bridgehead atoms. The van der Waals surface area contributed by atoms with E-state index in [-0.39, 0.29) is 16.5 Å². The molecule has 0 aromatic heterocycles. The summed E-state index contributed by atoms with van der Waals surface area (Å²) in [4.78, 5) is 0.0450. The summed E-state index contributed by atoms with van der Waals surface area (Å²) in [7, 11) is -3.60. The van der Waals surface area contributed by atoms with E-state index in [4.69, 9.17) is 16.7 Å². The molecule has 116 valence electrons. The molecule has 0 aliphatic rings. The number of unbranched alkanes of at least 4 members (excludes halogenated alkanes) is 1. The molecule has 4 nitrogen and oxygen atoms in total. The summed E-state index contributed by atoms with van der Waals surface area (Å²) in [5.41, 5.74) is 0.563. The zero-order chi connectivity index (χ0) is 15.7. The van der Waals surface area contributed by atoms with Gasteiger partial charge in [-0.2, -0.15) is 11.8 Å². The first kappa shape index (κ1) is 18.3. The molecule has 2 N–H and O–H groups in total. The number of hydrogen-bond donors (Lipinski definition) is 2. The lowest BCUT2D eigenvalue weighted by Gasteiger charge is -2.08. The molecule has 0 atom stereocenters. The zero-order valence-electron chi connectivity index (χ0n) is 11.7. The second kappa shape index (κ2) is 9.34. The number of thioether (sulfide) groups is 1. The van der Waals surface area contributed by atoms with Crippen LogP contribution in [0.3, 0.4) is 0 Å². The Hall–Kier alpha value is -0.710. The Morgan fingerprint density at radius 2 is 2.14 bits per heavy atom. The van der Waals surface area contributed by atoms with Crippen LogP contribution < -0.4 is 4.72 Å². The number of aliphatic hydroxyl groups excluding tert-OH is 1. The summed E-state index contributed by atoms with van der Waals surface area (Å²) in [5.74, 6) is 6.18. The van der Waals surface area contributed by atoms with Gasteiger partial charge < -0.3 is 5.11 Å². The fourth-order valence-corrected chi connectivity index (χ4v) is 3.70. The van der Waals surface area contributed by atoms with Crippen molar-refractivity contribution in [2.24, 2.45) is 0 Å². The molecule has 21 heavy (non-hydrogen) atoms. The van der Waals surface area contributed by atoms with Crippen molar-refractivity contribution in [3.05, 3.63) is 28.8 Å². The van der Waals surface area contributed by atoms with Gasteiger partial charge in [0.1, 0.15) is 11.5 Å². The van der Waals surface area contributed by atoms with Gasteiger partial charge in [-0.25, -0.2) is 13.1 Å². The fraction of sp³-hybridized carbons (Fsp3) is 0.429. The van der Waals surface area contributed by atoms with E-state index in [9.17, 15) is 8.42 Å². The first-order valence-corrected chi connectivity index (χ1v) is 9.64. The number of hydrogen-bond acceptors (Lipinski definition) is 4.